The average molecular weight is 451 g/mol. The number of anilines is 1. The van der Waals surface area contributed by atoms with Gasteiger partial charge in [0.05, 0.1) is 15.0 Å². The average Bonchev–Trinajstić information content (AvgIpc) is 2.90. The summed E-state index contributed by atoms with van der Waals surface area (Å²) < 4.78 is 0. The summed E-state index contributed by atoms with van der Waals surface area (Å²) in [5.41, 5.74) is 3.15. The molecule has 3 amide bonds. The molecule has 0 radical (unpaired) electrons. The number of benzene rings is 2. The van der Waals surface area contributed by atoms with E-state index in [2.05, 4.69) is 5.32 Å². The summed E-state index contributed by atoms with van der Waals surface area (Å²) in [6.07, 6.45) is 1.43. The molecule has 3 rings (SSSR count). The first-order valence-electron chi connectivity index (χ1n) is 8.46. The molecule has 150 valence electrons. The van der Waals surface area contributed by atoms with Crippen molar-refractivity contribution in [2.45, 2.75) is 13.8 Å². The Morgan fingerprint density at radius 2 is 1.79 bits per heavy atom. The third-order valence-electron chi connectivity index (χ3n) is 4.30. The zero-order chi connectivity index (χ0) is 21.3. The highest BCUT2D eigenvalue weighted by Crippen LogP contribution is 2.36. The van der Waals surface area contributed by atoms with Gasteiger partial charge in [0, 0.05) is 5.69 Å². The Kier molecular flexibility index (Phi) is 6.21. The lowest BCUT2D eigenvalue weighted by atomic mass is 10.1. The minimum Gasteiger partial charge on any atom is -0.505 e. The molecule has 2 N–H and O–H groups in total. The summed E-state index contributed by atoms with van der Waals surface area (Å²) in [6, 6.07) is 8.29. The number of thioether (sulfide) groups is 1. The van der Waals surface area contributed by atoms with Crippen LogP contribution in [0, 0.1) is 13.8 Å². The van der Waals surface area contributed by atoms with E-state index in [9.17, 15) is 19.5 Å². The fraction of sp³-hybridized carbons (Fsp3) is 0.150. The number of carbonyl (C=O) groups is 3. The minimum atomic E-state index is -0.587. The van der Waals surface area contributed by atoms with Gasteiger partial charge in [0.25, 0.3) is 11.1 Å². The largest absolute Gasteiger partial charge is 0.505 e. The summed E-state index contributed by atoms with van der Waals surface area (Å²) in [4.78, 5) is 38.1. The lowest BCUT2D eigenvalue weighted by Crippen LogP contribution is -2.36. The molecule has 6 nitrogen and oxygen atoms in total. The van der Waals surface area contributed by atoms with Gasteiger partial charge < -0.3 is 10.4 Å². The van der Waals surface area contributed by atoms with Crippen molar-refractivity contribution in [2.24, 2.45) is 0 Å². The summed E-state index contributed by atoms with van der Waals surface area (Å²) >= 11 is 12.5. The van der Waals surface area contributed by atoms with Crippen LogP contribution in [0.1, 0.15) is 16.7 Å². The molecule has 29 heavy (non-hydrogen) atoms. The molecule has 1 aliphatic heterocycles. The predicted molar refractivity (Wildman–Crippen MR) is 115 cm³/mol. The molecule has 2 aromatic carbocycles. The molecule has 1 heterocycles. The van der Waals surface area contributed by atoms with Crippen LogP contribution in [0.2, 0.25) is 10.0 Å². The highest BCUT2D eigenvalue weighted by molar-refractivity contribution is 8.18. The molecule has 0 bridgehead atoms. The molecule has 0 spiro atoms. The number of halogens is 2. The van der Waals surface area contributed by atoms with Crippen LogP contribution in [0.5, 0.6) is 5.75 Å². The van der Waals surface area contributed by atoms with Crippen molar-refractivity contribution in [2.75, 3.05) is 11.9 Å². The number of imide groups is 1. The second kappa shape index (κ2) is 8.49. The summed E-state index contributed by atoms with van der Waals surface area (Å²) in [7, 11) is 0. The third-order valence-corrected chi connectivity index (χ3v) is 5.79. The first-order chi connectivity index (χ1) is 13.7. The molecule has 0 atom stereocenters. The molecule has 9 heteroatoms. The van der Waals surface area contributed by atoms with Crippen molar-refractivity contribution in [3.05, 3.63) is 62.0 Å². The number of aromatic hydroxyl groups is 1. The Morgan fingerprint density at radius 3 is 2.41 bits per heavy atom. The van der Waals surface area contributed by atoms with Crippen molar-refractivity contribution in [1.82, 2.24) is 4.90 Å². The molecule has 2 aromatic rings. The van der Waals surface area contributed by atoms with Crippen LogP contribution in [-0.4, -0.2) is 33.6 Å². The van der Waals surface area contributed by atoms with Crippen LogP contribution in [0.25, 0.3) is 6.08 Å². The first kappa shape index (κ1) is 21.2. The fourth-order valence-electron chi connectivity index (χ4n) is 2.62. The molecule has 0 unspecified atom stereocenters. The van der Waals surface area contributed by atoms with Crippen LogP contribution in [-0.2, 0) is 9.59 Å². The Morgan fingerprint density at radius 1 is 1.14 bits per heavy atom. The summed E-state index contributed by atoms with van der Waals surface area (Å²) in [5, 5.41) is 11.8. The van der Waals surface area contributed by atoms with Gasteiger partial charge in [-0.25, -0.2) is 0 Å². The van der Waals surface area contributed by atoms with Gasteiger partial charge in [0.1, 0.15) is 6.54 Å². The molecule has 0 saturated carbocycles. The van der Waals surface area contributed by atoms with Gasteiger partial charge in [0.15, 0.2) is 5.75 Å². The lowest BCUT2D eigenvalue weighted by Gasteiger charge is -2.13. The van der Waals surface area contributed by atoms with Crippen LogP contribution in [0.3, 0.4) is 0 Å². The van der Waals surface area contributed by atoms with Crippen molar-refractivity contribution in [3.8, 4) is 5.75 Å². The van der Waals surface area contributed by atoms with E-state index in [4.69, 9.17) is 23.2 Å². The molecule has 0 aromatic heterocycles. The molecule has 1 aliphatic rings. The van der Waals surface area contributed by atoms with Gasteiger partial charge in [-0.05, 0) is 72.6 Å². The molecular weight excluding hydrogens is 435 g/mol. The van der Waals surface area contributed by atoms with E-state index >= 15 is 0 Å². The number of hydrogen-bond acceptors (Lipinski definition) is 5. The maximum absolute atomic E-state index is 12.6. The Labute approximate surface area is 181 Å². The highest BCUT2D eigenvalue weighted by atomic mass is 35.5. The monoisotopic (exact) mass is 450 g/mol. The molecule has 0 aliphatic carbocycles. The van der Waals surface area contributed by atoms with Gasteiger partial charge in [-0.15, -0.1) is 0 Å². The summed E-state index contributed by atoms with van der Waals surface area (Å²) in [6.45, 7) is 3.49. The number of phenols is 1. The van der Waals surface area contributed by atoms with Crippen molar-refractivity contribution < 1.29 is 19.5 Å². The third kappa shape index (κ3) is 4.75. The lowest BCUT2D eigenvalue weighted by molar-refractivity contribution is -0.127. The topological polar surface area (TPSA) is 86.7 Å². The van der Waals surface area contributed by atoms with Gasteiger partial charge in [-0.2, -0.15) is 0 Å². The number of carbonyl (C=O) groups excluding carboxylic acids is 3. The van der Waals surface area contributed by atoms with Crippen molar-refractivity contribution in [1.29, 1.82) is 0 Å². The van der Waals surface area contributed by atoms with E-state index in [1.807, 2.05) is 26.0 Å². The quantitative estimate of drug-likeness (QED) is 0.640. The Balaban J connectivity index is 1.73. The van der Waals surface area contributed by atoms with E-state index in [-0.39, 0.29) is 20.7 Å². The highest BCUT2D eigenvalue weighted by Gasteiger charge is 2.36. The van der Waals surface area contributed by atoms with Gasteiger partial charge in [-0.3, -0.25) is 19.3 Å². The van der Waals surface area contributed by atoms with Crippen molar-refractivity contribution >= 4 is 63.8 Å². The van der Waals surface area contributed by atoms with E-state index in [0.29, 0.717) is 23.0 Å². The molecule has 1 saturated heterocycles. The van der Waals surface area contributed by atoms with E-state index in [0.717, 1.165) is 16.0 Å². The second-order valence-corrected chi connectivity index (χ2v) is 8.26. The molecular formula is C20H16Cl2N2O4S. The van der Waals surface area contributed by atoms with Gasteiger partial charge in [-0.1, -0.05) is 29.3 Å². The van der Waals surface area contributed by atoms with Crippen LogP contribution >= 0.6 is 35.0 Å². The predicted octanol–water partition coefficient (Wildman–Crippen LogP) is 4.99. The first-order valence-corrected chi connectivity index (χ1v) is 10.0. The van der Waals surface area contributed by atoms with Crippen molar-refractivity contribution in [3.63, 3.8) is 0 Å². The van der Waals surface area contributed by atoms with E-state index < -0.39 is 23.6 Å². The Bertz CT molecular complexity index is 1050. The maximum Gasteiger partial charge on any atom is 0.294 e. The number of aryl methyl sites for hydroxylation is 2. The normalized spacial score (nSPS) is 15.3. The molecule has 1 fully saturated rings. The van der Waals surface area contributed by atoms with Gasteiger partial charge in [0.2, 0.25) is 5.91 Å². The zero-order valence-corrected chi connectivity index (χ0v) is 17.8. The second-order valence-electron chi connectivity index (χ2n) is 6.45. The SMILES string of the molecule is Cc1ccc(NC(=O)CN2C(=O)S/C(=C\c3cc(Cl)c(O)c(Cl)c3)C2=O)cc1C. The van der Waals surface area contributed by atoms with Gasteiger partial charge >= 0.3 is 0 Å². The zero-order valence-electron chi connectivity index (χ0n) is 15.5. The number of amides is 3. The number of phenolic OH excluding ortho intramolecular Hbond substituents is 1. The van der Waals surface area contributed by atoms with Crippen LogP contribution in [0.4, 0.5) is 10.5 Å². The Hall–Kier alpha value is -2.48. The fourth-order valence-corrected chi connectivity index (χ4v) is 3.96. The number of nitrogens with one attached hydrogen (secondary N) is 1. The smallest absolute Gasteiger partial charge is 0.294 e. The number of rotatable bonds is 4. The van der Waals surface area contributed by atoms with Crippen LogP contribution in [0.15, 0.2) is 35.2 Å². The van der Waals surface area contributed by atoms with E-state index in [1.54, 1.807) is 6.07 Å². The van der Waals surface area contributed by atoms with Crippen LogP contribution < -0.4 is 5.32 Å². The van der Waals surface area contributed by atoms with E-state index in [1.165, 1.54) is 18.2 Å². The standard InChI is InChI=1S/C20H16Cl2N2O4S/c1-10-3-4-13(5-11(10)2)23-17(25)9-24-19(27)16(29-20(24)28)8-12-6-14(21)18(26)15(22)7-12/h3-8,26H,9H2,1-2H3,(H,23,25)/b16-8-. The number of hydrogen-bond donors (Lipinski definition) is 2. The minimum absolute atomic E-state index is 0.0238. The summed E-state index contributed by atoms with van der Waals surface area (Å²) in [5.74, 6) is -1.33. The maximum atomic E-state index is 12.6. The number of nitrogens with zero attached hydrogens (tertiary/aromatic N) is 1.